The number of carbonyl (C=O) groups is 1. The van der Waals surface area contributed by atoms with E-state index in [1.165, 1.54) is 14.2 Å². The predicted octanol–water partition coefficient (Wildman–Crippen LogP) is 2.31. The molecule has 10 heteroatoms. The zero-order valence-electron chi connectivity index (χ0n) is 15.8. The molecule has 0 unspecified atom stereocenters. The number of nitrogens with zero attached hydrogens (tertiary/aromatic N) is 2. The maximum atomic E-state index is 12.2. The number of hydrogen-bond acceptors (Lipinski definition) is 8. The number of anilines is 1. The topological polar surface area (TPSA) is 121 Å². The van der Waals surface area contributed by atoms with Gasteiger partial charge in [0.25, 0.3) is 0 Å². The lowest BCUT2D eigenvalue weighted by atomic mass is 10.2. The Morgan fingerprint density at radius 3 is 2.31 bits per heavy atom. The molecule has 1 N–H and O–H groups in total. The van der Waals surface area contributed by atoms with Crippen LogP contribution in [-0.2, 0) is 20.4 Å². The molecular formula is C19H19N3O6S. The summed E-state index contributed by atoms with van der Waals surface area (Å²) < 4.78 is 40.2. The molecule has 9 nitrogen and oxygen atoms in total. The van der Waals surface area contributed by atoms with E-state index in [1.54, 1.807) is 48.5 Å². The van der Waals surface area contributed by atoms with Crippen LogP contribution in [0.15, 0.2) is 52.9 Å². The van der Waals surface area contributed by atoms with Crippen LogP contribution in [0, 0.1) is 0 Å². The van der Waals surface area contributed by atoms with Crippen LogP contribution in [0.5, 0.6) is 11.5 Å². The Kier molecular flexibility index (Phi) is 6.13. The van der Waals surface area contributed by atoms with Gasteiger partial charge in [-0.1, -0.05) is 35.4 Å². The Bertz CT molecular complexity index is 1070. The van der Waals surface area contributed by atoms with Crippen LogP contribution < -0.4 is 14.8 Å². The number of methoxy groups -OCH3 is 2. The van der Waals surface area contributed by atoms with Crippen molar-refractivity contribution in [2.75, 3.05) is 25.3 Å². The van der Waals surface area contributed by atoms with Crippen molar-refractivity contribution < 1.29 is 27.1 Å². The number of sulfone groups is 1. The molecule has 0 atom stereocenters. The summed E-state index contributed by atoms with van der Waals surface area (Å²) in [6.45, 7) is 0. The maximum absolute atomic E-state index is 12.2. The highest BCUT2D eigenvalue weighted by Gasteiger charge is 2.20. The van der Waals surface area contributed by atoms with E-state index in [1.807, 2.05) is 0 Å². The Balaban J connectivity index is 1.68. The van der Waals surface area contributed by atoms with Gasteiger partial charge in [-0.25, -0.2) is 8.42 Å². The minimum Gasteiger partial charge on any atom is -0.497 e. The van der Waals surface area contributed by atoms with Gasteiger partial charge in [0.05, 0.1) is 20.0 Å². The Morgan fingerprint density at radius 1 is 1.03 bits per heavy atom. The fourth-order valence-corrected chi connectivity index (χ4v) is 3.83. The fourth-order valence-electron chi connectivity index (χ4n) is 2.56. The number of hydrogen-bond donors (Lipinski definition) is 1. The minimum atomic E-state index is -3.65. The van der Waals surface area contributed by atoms with Crippen molar-refractivity contribution in [1.82, 2.24) is 10.2 Å². The van der Waals surface area contributed by atoms with Gasteiger partial charge >= 0.3 is 6.01 Å². The smallest absolute Gasteiger partial charge is 0.322 e. The highest BCUT2D eigenvalue weighted by Crippen LogP contribution is 2.29. The van der Waals surface area contributed by atoms with E-state index in [-0.39, 0.29) is 17.7 Å². The summed E-state index contributed by atoms with van der Waals surface area (Å²) in [7, 11) is -0.637. The average molecular weight is 417 g/mol. The molecule has 0 aliphatic carbocycles. The zero-order valence-corrected chi connectivity index (χ0v) is 16.6. The van der Waals surface area contributed by atoms with Crippen molar-refractivity contribution in [1.29, 1.82) is 0 Å². The third kappa shape index (κ3) is 5.55. The molecule has 0 spiro atoms. The van der Waals surface area contributed by atoms with Gasteiger partial charge in [-0.15, -0.1) is 5.10 Å². The number of nitrogens with one attached hydrogen (secondary N) is 1. The Hall–Kier alpha value is -3.40. The predicted molar refractivity (Wildman–Crippen MR) is 105 cm³/mol. The summed E-state index contributed by atoms with van der Waals surface area (Å²) >= 11 is 0. The van der Waals surface area contributed by atoms with Crippen molar-refractivity contribution >= 4 is 21.8 Å². The van der Waals surface area contributed by atoms with Crippen molar-refractivity contribution in [2.24, 2.45) is 0 Å². The SMILES string of the molecule is COc1cc(OC)cc(-c2nnc(NC(=O)CS(=O)(=O)Cc3ccccc3)o2)c1. The molecule has 0 bridgehead atoms. The molecule has 0 saturated heterocycles. The van der Waals surface area contributed by atoms with Crippen LogP contribution in [0.4, 0.5) is 6.01 Å². The van der Waals surface area contributed by atoms with Crippen LogP contribution in [0.2, 0.25) is 0 Å². The van der Waals surface area contributed by atoms with Gasteiger partial charge in [-0.2, -0.15) is 0 Å². The molecule has 2 aromatic carbocycles. The second kappa shape index (κ2) is 8.74. The van der Waals surface area contributed by atoms with Gasteiger partial charge < -0.3 is 13.9 Å². The Morgan fingerprint density at radius 2 is 1.69 bits per heavy atom. The number of ether oxygens (including phenoxy) is 2. The second-order valence-electron chi connectivity index (χ2n) is 6.08. The maximum Gasteiger partial charge on any atom is 0.322 e. The van der Waals surface area contributed by atoms with Crippen LogP contribution in [-0.4, -0.2) is 44.5 Å². The fraction of sp³-hybridized carbons (Fsp3) is 0.211. The lowest BCUT2D eigenvalue weighted by Gasteiger charge is -2.06. The quantitative estimate of drug-likeness (QED) is 0.593. The molecule has 0 aliphatic heterocycles. The minimum absolute atomic E-state index is 0.115. The summed E-state index contributed by atoms with van der Waals surface area (Å²) in [5.74, 6) is -0.540. The van der Waals surface area contributed by atoms with Gasteiger partial charge in [0, 0.05) is 11.6 Å². The van der Waals surface area contributed by atoms with Gasteiger partial charge in [0.2, 0.25) is 11.8 Å². The molecular weight excluding hydrogens is 398 g/mol. The van der Waals surface area contributed by atoms with E-state index in [0.29, 0.717) is 22.6 Å². The summed E-state index contributed by atoms with van der Waals surface area (Å²) in [6, 6.07) is 13.4. The van der Waals surface area contributed by atoms with Crippen LogP contribution in [0.25, 0.3) is 11.5 Å². The molecule has 3 aromatic rings. The van der Waals surface area contributed by atoms with Crippen LogP contribution in [0.3, 0.4) is 0 Å². The molecule has 0 saturated carbocycles. The average Bonchev–Trinajstić information content (AvgIpc) is 3.15. The van der Waals surface area contributed by atoms with E-state index >= 15 is 0 Å². The number of benzene rings is 2. The van der Waals surface area contributed by atoms with Crippen molar-refractivity contribution in [3.8, 4) is 23.0 Å². The Labute approximate surface area is 167 Å². The lowest BCUT2D eigenvalue weighted by Crippen LogP contribution is -2.24. The number of carbonyl (C=O) groups excluding carboxylic acids is 1. The third-order valence-electron chi connectivity index (χ3n) is 3.85. The van der Waals surface area contributed by atoms with E-state index in [9.17, 15) is 13.2 Å². The summed E-state index contributed by atoms with van der Waals surface area (Å²) in [5, 5.41) is 9.91. The van der Waals surface area contributed by atoms with Crippen molar-refractivity contribution in [3.05, 3.63) is 54.1 Å². The first-order chi connectivity index (χ1) is 13.9. The summed E-state index contributed by atoms with van der Waals surface area (Å²) in [6.07, 6.45) is 0. The van der Waals surface area contributed by atoms with Crippen molar-refractivity contribution in [2.45, 2.75) is 5.75 Å². The van der Waals surface area contributed by atoms with E-state index in [4.69, 9.17) is 13.9 Å². The summed E-state index contributed by atoms with van der Waals surface area (Å²) in [5.41, 5.74) is 1.12. The lowest BCUT2D eigenvalue weighted by molar-refractivity contribution is -0.114. The first-order valence-corrected chi connectivity index (χ1v) is 10.3. The van der Waals surface area contributed by atoms with Gasteiger partial charge in [-0.05, 0) is 17.7 Å². The molecule has 1 aromatic heterocycles. The number of amides is 1. The van der Waals surface area contributed by atoms with Crippen LogP contribution in [0.1, 0.15) is 5.56 Å². The first-order valence-electron chi connectivity index (χ1n) is 8.49. The van der Waals surface area contributed by atoms with Crippen LogP contribution >= 0.6 is 0 Å². The zero-order chi connectivity index (χ0) is 20.9. The molecule has 152 valence electrons. The van der Waals surface area contributed by atoms with Crippen molar-refractivity contribution in [3.63, 3.8) is 0 Å². The molecule has 0 radical (unpaired) electrons. The molecule has 1 heterocycles. The molecule has 29 heavy (non-hydrogen) atoms. The van der Waals surface area contributed by atoms with E-state index in [2.05, 4.69) is 15.5 Å². The molecule has 0 aliphatic rings. The number of rotatable bonds is 8. The molecule has 1 amide bonds. The largest absolute Gasteiger partial charge is 0.497 e. The monoisotopic (exact) mass is 417 g/mol. The number of aromatic nitrogens is 2. The summed E-state index contributed by atoms with van der Waals surface area (Å²) in [4.78, 5) is 12.1. The normalized spacial score (nSPS) is 11.1. The first kappa shape index (κ1) is 20.3. The highest BCUT2D eigenvalue weighted by atomic mass is 32.2. The van der Waals surface area contributed by atoms with E-state index in [0.717, 1.165) is 0 Å². The van der Waals surface area contributed by atoms with Gasteiger partial charge in [-0.3, -0.25) is 10.1 Å². The second-order valence-corrected chi connectivity index (χ2v) is 8.14. The highest BCUT2D eigenvalue weighted by molar-refractivity contribution is 7.91. The standard InChI is InChI=1S/C19H19N3O6S/c1-26-15-8-14(9-16(10-15)27-2)18-21-22-19(28-18)20-17(23)12-29(24,25)11-13-6-4-3-5-7-13/h3-10H,11-12H2,1-2H3,(H,20,22,23). The molecule has 0 fully saturated rings. The molecule has 3 rings (SSSR count). The van der Waals surface area contributed by atoms with E-state index < -0.39 is 21.5 Å². The van der Waals surface area contributed by atoms with Gasteiger partial charge in [0.15, 0.2) is 9.84 Å². The van der Waals surface area contributed by atoms with Gasteiger partial charge in [0.1, 0.15) is 17.3 Å². The third-order valence-corrected chi connectivity index (χ3v) is 5.33.